The first-order chi connectivity index (χ1) is 14.3. The molecule has 29 heavy (non-hydrogen) atoms. The van der Waals surface area contributed by atoms with Gasteiger partial charge in [-0.15, -0.1) is 0 Å². The van der Waals surface area contributed by atoms with E-state index < -0.39 is 0 Å². The molecule has 5 rings (SSSR count). The quantitative estimate of drug-likeness (QED) is 0.515. The molecule has 1 N–H and O–H groups in total. The molecule has 0 saturated heterocycles. The van der Waals surface area contributed by atoms with Gasteiger partial charge in [0.05, 0.1) is 17.1 Å². The van der Waals surface area contributed by atoms with Crippen LogP contribution in [0.1, 0.15) is 11.1 Å². The Bertz CT molecular complexity index is 1170. The lowest BCUT2D eigenvalue weighted by molar-refractivity contribution is 1.01. The maximum absolute atomic E-state index is 4.42. The van der Waals surface area contributed by atoms with Crippen LogP contribution >= 0.6 is 0 Å². The summed E-state index contributed by atoms with van der Waals surface area (Å²) in [5.74, 6) is 0. The SMILES string of the molecule is C=C1/C=C\C=C/CNC2=C1c1ccccc1N(c1ccccc1)c1ccccc12. The Morgan fingerprint density at radius 2 is 1.38 bits per heavy atom. The smallest absolute Gasteiger partial charge is 0.0555 e. The summed E-state index contributed by atoms with van der Waals surface area (Å²) in [6.45, 7) is 5.18. The van der Waals surface area contributed by atoms with Crippen molar-refractivity contribution in [2.45, 2.75) is 0 Å². The number of para-hydroxylation sites is 3. The number of hydrogen-bond donors (Lipinski definition) is 1. The highest BCUT2D eigenvalue weighted by molar-refractivity contribution is 6.08. The summed E-state index contributed by atoms with van der Waals surface area (Å²) in [5, 5.41) is 3.67. The van der Waals surface area contributed by atoms with E-state index in [4.69, 9.17) is 0 Å². The van der Waals surface area contributed by atoms with E-state index >= 15 is 0 Å². The molecule has 0 bridgehead atoms. The first-order valence-corrected chi connectivity index (χ1v) is 9.89. The average molecular weight is 374 g/mol. The Balaban J connectivity index is 1.88. The second-order valence-electron chi connectivity index (χ2n) is 7.15. The summed E-state index contributed by atoms with van der Waals surface area (Å²) in [6.07, 6.45) is 8.36. The predicted octanol–water partition coefficient (Wildman–Crippen LogP) is 6.61. The molecule has 3 aromatic rings. The van der Waals surface area contributed by atoms with Crippen molar-refractivity contribution in [2.75, 3.05) is 11.4 Å². The third kappa shape index (κ3) is 2.99. The summed E-state index contributed by atoms with van der Waals surface area (Å²) in [6, 6.07) is 27.7. The molecule has 0 fully saturated rings. The molecular weight excluding hydrogens is 352 g/mol. The fraction of sp³-hybridized carbons (Fsp3) is 0.0370. The van der Waals surface area contributed by atoms with E-state index in [-0.39, 0.29) is 0 Å². The van der Waals surface area contributed by atoms with Gasteiger partial charge in [-0.2, -0.15) is 0 Å². The molecule has 3 aromatic carbocycles. The zero-order valence-electron chi connectivity index (χ0n) is 16.2. The normalized spacial score (nSPS) is 17.5. The van der Waals surface area contributed by atoms with Crippen LogP contribution in [0.2, 0.25) is 0 Å². The third-order valence-corrected chi connectivity index (χ3v) is 5.36. The topological polar surface area (TPSA) is 15.3 Å². The minimum absolute atomic E-state index is 0.762. The van der Waals surface area contributed by atoms with Crippen molar-refractivity contribution >= 4 is 28.3 Å². The van der Waals surface area contributed by atoms with Crippen LogP contribution in [0.25, 0.3) is 11.3 Å². The lowest BCUT2D eigenvalue weighted by Crippen LogP contribution is -2.15. The predicted molar refractivity (Wildman–Crippen MR) is 123 cm³/mol. The average Bonchev–Trinajstić information content (AvgIpc) is 2.80. The van der Waals surface area contributed by atoms with Crippen LogP contribution in [-0.2, 0) is 0 Å². The Morgan fingerprint density at radius 1 is 0.724 bits per heavy atom. The van der Waals surface area contributed by atoms with Crippen LogP contribution in [0.15, 0.2) is 115 Å². The molecule has 0 unspecified atom stereocenters. The van der Waals surface area contributed by atoms with Gasteiger partial charge in [-0.3, -0.25) is 0 Å². The van der Waals surface area contributed by atoms with E-state index in [1.54, 1.807) is 0 Å². The zero-order chi connectivity index (χ0) is 19.6. The maximum Gasteiger partial charge on any atom is 0.0555 e. The standard InChI is InChI=1S/C27H22N2/c1-20-12-4-3-11-19-28-27-23-16-8-10-18-25(23)29(21-13-5-2-6-14-21)24-17-9-7-15-22(24)26(20)27/h2-18,28H,1,19H2/b11-3-,12-4-. The van der Waals surface area contributed by atoms with Crippen LogP contribution in [0.4, 0.5) is 17.1 Å². The van der Waals surface area contributed by atoms with Crippen molar-refractivity contribution in [3.63, 3.8) is 0 Å². The molecule has 0 spiro atoms. The molecule has 2 aliphatic rings. The molecule has 0 saturated carbocycles. The van der Waals surface area contributed by atoms with E-state index in [0.29, 0.717) is 0 Å². The largest absolute Gasteiger partial charge is 0.380 e. The van der Waals surface area contributed by atoms with Crippen LogP contribution in [0.3, 0.4) is 0 Å². The molecule has 0 aromatic heterocycles. The number of anilines is 3. The van der Waals surface area contributed by atoms with Crippen molar-refractivity contribution in [1.82, 2.24) is 5.32 Å². The lowest BCUT2D eigenvalue weighted by Gasteiger charge is -2.27. The fourth-order valence-corrected chi connectivity index (χ4v) is 4.09. The van der Waals surface area contributed by atoms with Gasteiger partial charge >= 0.3 is 0 Å². The van der Waals surface area contributed by atoms with Gasteiger partial charge in [-0.25, -0.2) is 0 Å². The first kappa shape index (κ1) is 17.3. The van der Waals surface area contributed by atoms with Gasteiger partial charge in [-0.1, -0.05) is 85.5 Å². The first-order valence-electron chi connectivity index (χ1n) is 9.89. The summed E-state index contributed by atoms with van der Waals surface area (Å²) in [5.41, 5.74) is 9.05. The molecule has 0 aliphatic carbocycles. The Hall–Kier alpha value is -3.78. The Labute approximate surface area is 171 Å². The van der Waals surface area contributed by atoms with E-state index in [2.05, 4.69) is 120 Å². The Kier molecular flexibility index (Phi) is 4.38. The lowest BCUT2D eigenvalue weighted by atomic mass is 9.93. The van der Waals surface area contributed by atoms with Gasteiger partial charge in [-0.05, 0) is 29.8 Å². The fourth-order valence-electron chi connectivity index (χ4n) is 4.09. The molecule has 2 heterocycles. The van der Waals surface area contributed by atoms with E-state index in [1.165, 1.54) is 11.1 Å². The van der Waals surface area contributed by atoms with Gasteiger partial charge in [0.1, 0.15) is 0 Å². The zero-order valence-corrected chi connectivity index (χ0v) is 16.2. The number of nitrogens with one attached hydrogen (secondary N) is 1. The van der Waals surface area contributed by atoms with Gasteiger partial charge in [0.2, 0.25) is 0 Å². The van der Waals surface area contributed by atoms with Crippen molar-refractivity contribution in [3.8, 4) is 0 Å². The van der Waals surface area contributed by atoms with E-state index in [0.717, 1.165) is 40.5 Å². The van der Waals surface area contributed by atoms with Crippen molar-refractivity contribution in [1.29, 1.82) is 0 Å². The van der Waals surface area contributed by atoms with Gasteiger partial charge in [0.15, 0.2) is 0 Å². The van der Waals surface area contributed by atoms with Gasteiger partial charge in [0, 0.05) is 28.9 Å². The van der Waals surface area contributed by atoms with Crippen LogP contribution in [0, 0.1) is 0 Å². The van der Waals surface area contributed by atoms with Crippen LogP contribution < -0.4 is 10.2 Å². The minimum Gasteiger partial charge on any atom is -0.380 e. The summed E-state index contributed by atoms with van der Waals surface area (Å²) in [4.78, 5) is 2.35. The van der Waals surface area contributed by atoms with Crippen LogP contribution in [-0.4, -0.2) is 6.54 Å². The van der Waals surface area contributed by atoms with Crippen LogP contribution in [0.5, 0.6) is 0 Å². The second kappa shape index (κ2) is 7.33. The third-order valence-electron chi connectivity index (χ3n) is 5.36. The van der Waals surface area contributed by atoms with Gasteiger partial charge < -0.3 is 10.2 Å². The second-order valence-corrected chi connectivity index (χ2v) is 7.15. The highest BCUT2D eigenvalue weighted by Gasteiger charge is 2.27. The molecule has 2 heteroatoms. The molecular formula is C27H22N2. The number of allylic oxidation sites excluding steroid dienone is 5. The van der Waals surface area contributed by atoms with Gasteiger partial charge in [0.25, 0.3) is 0 Å². The highest BCUT2D eigenvalue weighted by atomic mass is 15.2. The molecule has 2 nitrogen and oxygen atoms in total. The number of hydrogen-bond acceptors (Lipinski definition) is 2. The number of benzene rings is 3. The van der Waals surface area contributed by atoms with Crippen molar-refractivity contribution < 1.29 is 0 Å². The highest BCUT2D eigenvalue weighted by Crippen LogP contribution is 2.48. The molecule has 0 atom stereocenters. The minimum atomic E-state index is 0.762. The molecule has 0 radical (unpaired) electrons. The summed E-state index contributed by atoms with van der Waals surface area (Å²) < 4.78 is 0. The maximum atomic E-state index is 4.42. The van der Waals surface area contributed by atoms with E-state index in [9.17, 15) is 0 Å². The van der Waals surface area contributed by atoms with Crippen molar-refractivity contribution in [2.24, 2.45) is 0 Å². The molecule has 2 aliphatic heterocycles. The summed E-state index contributed by atoms with van der Waals surface area (Å²) in [7, 11) is 0. The number of fused-ring (bicyclic) bond motifs is 4. The number of rotatable bonds is 1. The number of nitrogens with zero attached hydrogens (tertiary/aromatic N) is 1. The molecule has 140 valence electrons. The Morgan fingerprint density at radius 3 is 2.17 bits per heavy atom. The summed E-state index contributed by atoms with van der Waals surface area (Å²) >= 11 is 0. The van der Waals surface area contributed by atoms with Crippen molar-refractivity contribution in [3.05, 3.63) is 126 Å². The van der Waals surface area contributed by atoms with E-state index in [1.807, 2.05) is 0 Å². The monoisotopic (exact) mass is 374 g/mol. The molecule has 0 amide bonds.